The summed E-state index contributed by atoms with van der Waals surface area (Å²) in [6.45, 7) is 7.56. The zero-order valence-corrected chi connectivity index (χ0v) is 11.8. The quantitative estimate of drug-likeness (QED) is 0.870. The topological polar surface area (TPSA) is 21.3 Å². The van der Waals surface area contributed by atoms with Crippen molar-refractivity contribution in [1.29, 1.82) is 0 Å². The van der Waals surface area contributed by atoms with E-state index in [0.29, 0.717) is 6.04 Å². The number of hydrogen-bond donors (Lipinski definition) is 1. The van der Waals surface area contributed by atoms with E-state index in [1.54, 1.807) is 0 Å². The molecule has 0 bridgehead atoms. The third kappa shape index (κ3) is 3.49. The molecule has 2 heteroatoms. The van der Waals surface area contributed by atoms with E-state index in [-0.39, 0.29) is 6.10 Å². The molecule has 100 valence electrons. The van der Waals surface area contributed by atoms with Gasteiger partial charge < -0.3 is 10.1 Å². The summed E-state index contributed by atoms with van der Waals surface area (Å²) in [5.74, 6) is 1.85. The second-order valence-corrected chi connectivity index (χ2v) is 5.54. The minimum Gasteiger partial charge on any atom is -0.491 e. The van der Waals surface area contributed by atoms with Crippen LogP contribution in [0.1, 0.15) is 51.6 Å². The summed E-state index contributed by atoms with van der Waals surface area (Å²) < 4.78 is 5.68. The van der Waals surface area contributed by atoms with Gasteiger partial charge in [0.25, 0.3) is 0 Å². The zero-order valence-electron chi connectivity index (χ0n) is 11.8. The van der Waals surface area contributed by atoms with Gasteiger partial charge in [0.05, 0.1) is 6.10 Å². The second-order valence-electron chi connectivity index (χ2n) is 5.54. The number of rotatable bonds is 4. The van der Waals surface area contributed by atoms with Crippen molar-refractivity contribution >= 4 is 0 Å². The lowest BCUT2D eigenvalue weighted by atomic mass is 9.87. The van der Waals surface area contributed by atoms with Crippen molar-refractivity contribution in [3.8, 4) is 5.75 Å². The normalized spacial score (nSPS) is 24.2. The van der Waals surface area contributed by atoms with Crippen LogP contribution in [0.4, 0.5) is 0 Å². The molecule has 1 saturated heterocycles. The molecule has 2 rings (SSSR count). The maximum atomic E-state index is 5.68. The number of piperidine rings is 1. The third-order valence-corrected chi connectivity index (χ3v) is 3.74. The molecule has 1 fully saturated rings. The monoisotopic (exact) mass is 247 g/mol. The van der Waals surface area contributed by atoms with Crippen molar-refractivity contribution in [2.24, 2.45) is 5.92 Å². The number of ether oxygens (including phenoxy) is 1. The van der Waals surface area contributed by atoms with E-state index in [2.05, 4.69) is 50.4 Å². The molecule has 0 aliphatic carbocycles. The Kier molecular flexibility index (Phi) is 4.65. The maximum absolute atomic E-state index is 5.68. The van der Waals surface area contributed by atoms with E-state index in [1.165, 1.54) is 24.8 Å². The Bertz CT molecular complexity index is 358. The molecule has 1 aromatic carbocycles. The first-order chi connectivity index (χ1) is 8.69. The lowest BCUT2D eigenvalue weighted by molar-refractivity contribution is 0.242. The average molecular weight is 247 g/mol. The molecule has 1 heterocycles. The average Bonchev–Trinajstić information content (AvgIpc) is 2.39. The van der Waals surface area contributed by atoms with Crippen LogP contribution in [0.2, 0.25) is 0 Å². The molecule has 1 aromatic rings. The Morgan fingerprint density at radius 1 is 1.28 bits per heavy atom. The van der Waals surface area contributed by atoms with Crippen molar-refractivity contribution in [1.82, 2.24) is 5.32 Å². The van der Waals surface area contributed by atoms with Crippen LogP contribution in [0, 0.1) is 5.92 Å². The minimum atomic E-state index is 0.244. The van der Waals surface area contributed by atoms with Gasteiger partial charge in [-0.1, -0.05) is 25.5 Å². The van der Waals surface area contributed by atoms with Crippen molar-refractivity contribution < 1.29 is 4.74 Å². The molecule has 2 nitrogen and oxygen atoms in total. The fourth-order valence-corrected chi connectivity index (χ4v) is 2.67. The van der Waals surface area contributed by atoms with Crippen molar-refractivity contribution in [3.63, 3.8) is 0 Å². The highest BCUT2D eigenvalue weighted by Crippen LogP contribution is 2.29. The van der Waals surface area contributed by atoms with E-state index < -0.39 is 0 Å². The Morgan fingerprint density at radius 2 is 2.00 bits per heavy atom. The Morgan fingerprint density at radius 3 is 2.61 bits per heavy atom. The van der Waals surface area contributed by atoms with Gasteiger partial charge >= 0.3 is 0 Å². The molecule has 18 heavy (non-hydrogen) atoms. The first-order valence-corrected chi connectivity index (χ1v) is 7.19. The van der Waals surface area contributed by atoms with Crippen molar-refractivity contribution in [3.05, 3.63) is 29.8 Å². The first-order valence-electron chi connectivity index (χ1n) is 7.19. The second kappa shape index (κ2) is 6.24. The Hall–Kier alpha value is -1.02. The first kappa shape index (κ1) is 13.4. The summed E-state index contributed by atoms with van der Waals surface area (Å²) in [7, 11) is 0. The van der Waals surface area contributed by atoms with Gasteiger partial charge in [-0.15, -0.1) is 0 Å². The van der Waals surface area contributed by atoms with Crippen LogP contribution in [0.25, 0.3) is 0 Å². The van der Waals surface area contributed by atoms with Crippen LogP contribution in [-0.2, 0) is 0 Å². The highest BCUT2D eigenvalue weighted by Gasteiger charge is 2.21. The van der Waals surface area contributed by atoms with E-state index in [4.69, 9.17) is 4.74 Å². The van der Waals surface area contributed by atoms with Gasteiger partial charge in [0.2, 0.25) is 0 Å². The van der Waals surface area contributed by atoms with Gasteiger partial charge in [-0.25, -0.2) is 0 Å². The standard InChI is InChI=1S/C16H25NO/c1-4-13-9-10-17-16(11-13)14-5-7-15(8-6-14)18-12(2)3/h5-8,12-13,16-17H,4,9-11H2,1-3H3. The molecule has 2 atom stereocenters. The molecule has 0 spiro atoms. The molecule has 1 aliphatic heterocycles. The van der Waals surface area contributed by atoms with Crippen molar-refractivity contribution in [2.75, 3.05) is 6.54 Å². The lowest BCUT2D eigenvalue weighted by Gasteiger charge is -2.30. The summed E-state index contributed by atoms with van der Waals surface area (Å²) >= 11 is 0. The molecule has 0 saturated carbocycles. The molecule has 1 aliphatic rings. The van der Waals surface area contributed by atoms with E-state index in [9.17, 15) is 0 Å². The SMILES string of the molecule is CCC1CCNC(c2ccc(OC(C)C)cc2)C1. The maximum Gasteiger partial charge on any atom is 0.119 e. The van der Waals surface area contributed by atoms with Gasteiger partial charge in [0.1, 0.15) is 5.75 Å². The molecular formula is C16H25NO. The summed E-state index contributed by atoms with van der Waals surface area (Å²) in [4.78, 5) is 0. The zero-order chi connectivity index (χ0) is 13.0. The van der Waals surface area contributed by atoms with E-state index >= 15 is 0 Å². The van der Waals surface area contributed by atoms with E-state index in [1.807, 2.05) is 0 Å². The van der Waals surface area contributed by atoms with Crippen LogP contribution in [0.5, 0.6) is 5.75 Å². The largest absolute Gasteiger partial charge is 0.491 e. The lowest BCUT2D eigenvalue weighted by Crippen LogP contribution is -2.31. The minimum absolute atomic E-state index is 0.244. The predicted molar refractivity (Wildman–Crippen MR) is 76.0 cm³/mol. The highest BCUT2D eigenvalue weighted by atomic mass is 16.5. The molecule has 0 amide bonds. The molecule has 2 unspecified atom stereocenters. The molecule has 1 N–H and O–H groups in total. The van der Waals surface area contributed by atoms with Crippen LogP contribution < -0.4 is 10.1 Å². The highest BCUT2D eigenvalue weighted by molar-refractivity contribution is 5.29. The Labute approximate surface area is 111 Å². The number of nitrogens with one attached hydrogen (secondary N) is 1. The van der Waals surface area contributed by atoms with Gasteiger partial charge in [0.15, 0.2) is 0 Å². The molecule has 0 aromatic heterocycles. The van der Waals surface area contributed by atoms with Crippen LogP contribution >= 0.6 is 0 Å². The summed E-state index contributed by atoms with van der Waals surface area (Å²) in [5.41, 5.74) is 1.39. The summed E-state index contributed by atoms with van der Waals surface area (Å²) in [6.07, 6.45) is 4.13. The fraction of sp³-hybridized carbons (Fsp3) is 0.625. The van der Waals surface area contributed by atoms with Crippen LogP contribution in [-0.4, -0.2) is 12.6 Å². The van der Waals surface area contributed by atoms with Gasteiger partial charge in [-0.05, 0) is 56.8 Å². The van der Waals surface area contributed by atoms with Crippen molar-refractivity contribution in [2.45, 2.75) is 52.2 Å². The fourth-order valence-electron chi connectivity index (χ4n) is 2.67. The predicted octanol–water partition coefficient (Wildman–Crippen LogP) is 3.92. The summed E-state index contributed by atoms with van der Waals surface area (Å²) in [5, 5.41) is 3.62. The molecular weight excluding hydrogens is 222 g/mol. The smallest absolute Gasteiger partial charge is 0.119 e. The Balaban J connectivity index is 2.00. The van der Waals surface area contributed by atoms with Crippen LogP contribution in [0.3, 0.4) is 0 Å². The van der Waals surface area contributed by atoms with E-state index in [0.717, 1.165) is 18.2 Å². The number of hydrogen-bond acceptors (Lipinski definition) is 2. The summed E-state index contributed by atoms with van der Waals surface area (Å²) in [6, 6.07) is 9.11. The van der Waals surface area contributed by atoms with Gasteiger partial charge in [-0.2, -0.15) is 0 Å². The van der Waals surface area contributed by atoms with Gasteiger partial charge in [0, 0.05) is 6.04 Å². The molecule has 0 radical (unpaired) electrons. The number of benzene rings is 1. The third-order valence-electron chi connectivity index (χ3n) is 3.74. The van der Waals surface area contributed by atoms with Gasteiger partial charge in [-0.3, -0.25) is 0 Å². The van der Waals surface area contributed by atoms with Crippen LogP contribution in [0.15, 0.2) is 24.3 Å².